The maximum Gasteiger partial charge on any atom is 0.389 e. The summed E-state index contributed by atoms with van der Waals surface area (Å²) in [7, 11) is 0. The van der Waals surface area contributed by atoms with Crippen LogP contribution in [0.1, 0.15) is 40.5 Å². The van der Waals surface area contributed by atoms with Crippen molar-refractivity contribution in [1.29, 1.82) is 0 Å². The molecule has 0 fully saturated rings. The molecule has 3 atom stereocenters. The Morgan fingerprint density at radius 3 is 2.15 bits per heavy atom. The largest absolute Gasteiger partial charge is 0.458 e. The molecule has 0 heterocycles. The van der Waals surface area contributed by atoms with E-state index in [9.17, 15) is 18.0 Å². The number of hydrogen-bond donors (Lipinski definition) is 1. The molecule has 0 saturated heterocycles. The van der Waals surface area contributed by atoms with Crippen molar-refractivity contribution in [3.05, 3.63) is 0 Å². The molecular formula is C13H24F3NO3. The van der Waals surface area contributed by atoms with E-state index in [0.717, 1.165) is 0 Å². The number of halogens is 3. The third-order valence-corrected chi connectivity index (χ3v) is 2.73. The standard InChI is InChI=1S/C13H24F3NO3/c1-8(2)11(20-12(18)9(3)17)10(4)19-7-5-6-13(14,15)16/h8-11H,5-7,17H2,1-4H3/t9-,10-,11?/m0/s1. The van der Waals surface area contributed by atoms with Crippen LogP contribution in [0, 0.1) is 5.92 Å². The molecule has 0 aromatic carbocycles. The second-order valence-electron chi connectivity index (χ2n) is 5.23. The number of esters is 1. The van der Waals surface area contributed by atoms with Crippen LogP contribution in [0.15, 0.2) is 0 Å². The molecule has 0 amide bonds. The Balaban J connectivity index is 4.23. The number of hydrogen-bond acceptors (Lipinski definition) is 4. The Morgan fingerprint density at radius 2 is 1.75 bits per heavy atom. The lowest BCUT2D eigenvalue weighted by Gasteiger charge is -2.28. The molecule has 0 aromatic rings. The molecule has 1 unspecified atom stereocenters. The molecular weight excluding hydrogens is 275 g/mol. The highest BCUT2D eigenvalue weighted by Crippen LogP contribution is 2.22. The van der Waals surface area contributed by atoms with Gasteiger partial charge in [0.25, 0.3) is 0 Å². The van der Waals surface area contributed by atoms with E-state index in [0.29, 0.717) is 0 Å². The van der Waals surface area contributed by atoms with Crippen molar-refractivity contribution in [1.82, 2.24) is 0 Å². The third kappa shape index (κ3) is 8.37. The molecule has 120 valence electrons. The average molecular weight is 299 g/mol. The van der Waals surface area contributed by atoms with Gasteiger partial charge in [0, 0.05) is 13.0 Å². The van der Waals surface area contributed by atoms with Gasteiger partial charge in [0.2, 0.25) is 0 Å². The first-order valence-corrected chi connectivity index (χ1v) is 6.69. The van der Waals surface area contributed by atoms with Crippen LogP contribution in [0.2, 0.25) is 0 Å². The fraction of sp³-hybridized carbons (Fsp3) is 0.923. The molecule has 20 heavy (non-hydrogen) atoms. The summed E-state index contributed by atoms with van der Waals surface area (Å²) in [6.07, 6.45) is -6.18. The van der Waals surface area contributed by atoms with Crippen molar-refractivity contribution in [3.63, 3.8) is 0 Å². The van der Waals surface area contributed by atoms with Crippen molar-refractivity contribution in [2.45, 2.75) is 65.0 Å². The molecule has 7 heteroatoms. The SMILES string of the molecule is CC(C)C(OC(=O)[C@H](C)N)[C@H](C)OCCCC(F)(F)F. The Morgan fingerprint density at radius 1 is 1.20 bits per heavy atom. The fourth-order valence-corrected chi connectivity index (χ4v) is 1.65. The topological polar surface area (TPSA) is 61.5 Å². The number of carbonyl (C=O) groups is 1. The van der Waals surface area contributed by atoms with Crippen LogP contribution in [0.5, 0.6) is 0 Å². The van der Waals surface area contributed by atoms with Gasteiger partial charge in [0.15, 0.2) is 0 Å². The second-order valence-corrected chi connectivity index (χ2v) is 5.23. The van der Waals surface area contributed by atoms with Crippen molar-refractivity contribution in [2.75, 3.05) is 6.61 Å². The Hall–Kier alpha value is -0.820. The second kappa shape index (κ2) is 8.46. The van der Waals surface area contributed by atoms with Crippen LogP contribution in [-0.4, -0.2) is 37.0 Å². The van der Waals surface area contributed by atoms with E-state index in [1.165, 1.54) is 6.92 Å². The Bertz CT molecular complexity index is 293. The summed E-state index contributed by atoms with van der Waals surface area (Å²) in [4.78, 5) is 11.5. The van der Waals surface area contributed by atoms with Crippen LogP contribution < -0.4 is 5.73 Å². The summed E-state index contributed by atoms with van der Waals surface area (Å²) in [6, 6.07) is -0.742. The fourth-order valence-electron chi connectivity index (χ4n) is 1.65. The zero-order chi connectivity index (χ0) is 15.9. The predicted molar refractivity (Wildman–Crippen MR) is 69.1 cm³/mol. The maximum absolute atomic E-state index is 12.0. The van der Waals surface area contributed by atoms with Gasteiger partial charge in [0.05, 0.1) is 6.10 Å². The summed E-state index contributed by atoms with van der Waals surface area (Å²) < 4.78 is 46.5. The highest BCUT2D eigenvalue weighted by molar-refractivity contribution is 5.75. The van der Waals surface area contributed by atoms with E-state index in [1.807, 2.05) is 13.8 Å². The van der Waals surface area contributed by atoms with Gasteiger partial charge in [-0.15, -0.1) is 0 Å². The minimum absolute atomic E-state index is 0.0182. The van der Waals surface area contributed by atoms with E-state index in [1.54, 1.807) is 6.92 Å². The molecule has 4 nitrogen and oxygen atoms in total. The van der Waals surface area contributed by atoms with Crippen molar-refractivity contribution in [2.24, 2.45) is 11.7 Å². The van der Waals surface area contributed by atoms with Gasteiger partial charge in [-0.2, -0.15) is 13.2 Å². The van der Waals surface area contributed by atoms with Crippen molar-refractivity contribution >= 4 is 5.97 Å². The van der Waals surface area contributed by atoms with Crippen LogP contribution in [-0.2, 0) is 14.3 Å². The van der Waals surface area contributed by atoms with Gasteiger partial charge < -0.3 is 15.2 Å². The van der Waals surface area contributed by atoms with Gasteiger partial charge >= 0.3 is 12.1 Å². The van der Waals surface area contributed by atoms with E-state index in [4.69, 9.17) is 15.2 Å². The van der Waals surface area contributed by atoms with E-state index in [2.05, 4.69) is 0 Å². The minimum Gasteiger partial charge on any atom is -0.458 e. The monoisotopic (exact) mass is 299 g/mol. The lowest BCUT2D eigenvalue weighted by molar-refractivity contribution is -0.163. The molecule has 0 aliphatic rings. The van der Waals surface area contributed by atoms with Crippen molar-refractivity contribution < 1.29 is 27.4 Å². The summed E-state index contributed by atoms with van der Waals surface area (Å²) in [6.45, 7) is 6.84. The summed E-state index contributed by atoms with van der Waals surface area (Å²) >= 11 is 0. The lowest BCUT2D eigenvalue weighted by Crippen LogP contribution is -2.40. The van der Waals surface area contributed by atoms with Gasteiger partial charge in [-0.3, -0.25) is 4.79 Å². The number of ether oxygens (including phenoxy) is 2. The highest BCUT2D eigenvalue weighted by atomic mass is 19.4. The molecule has 2 N–H and O–H groups in total. The lowest BCUT2D eigenvalue weighted by atomic mass is 10.0. The van der Waals surface area contributed by atoms with Gasteiger partial charge in [-0.25, -0.2) is 0 Å². The molecule has 0 saturated carbocycles. The summed E-state index contributed by atoms with van der Waals surface area (Å²) in [5.41, 5.74) is 5.41. The quantitative estimate of drug-likeness (QED) is 0.553. The average Bonchev–Trinajstić information content (AvgIpc) is 2.29. The van der Waals surface area contributed by atoms with Crippen LogP contribution in [0.3, 0.4) is 0 Å². The minimum atomic E-state index is -4.18. The number of nitrogens with two attached hydrogens (primary N) is 1. The highest BCUT2D eigenvalue weighted by Gasteiger charge is 2.28. The molecule has 0 aliphatic heterocycles. The number of rotatable bonds is 8. The molecule has 0 rings (SSSR count). The Kier molecular flexibility index (Phi) is 8.12. The van der Waals surface area contributed by atoms with Gasteiger partial charge in [-0.05, 0) is 26.2 Å². The smallest absolute Gasteiger partial charge is 0.389 e. The van der Waals surface area contributed by atoms with E-state index >= 15 is 0 Å². The first kappa shape index (κ1) is 19.2. The van der Waals surface area contributed by atoms with Gasteiger partial charge in [0.1, 0.15) is 12.1 Å². The molecule has 0 radical (unpaired) electrons. The maximum atomic E-state index is 12.0. The zero-order valence-corrected chi connectivity index (χ0v) is 12.4. The molecule has 0 aliphatic carbocycles. The van der Waals surface area contributed by atoms with Crippen molar-refractivity contribution in [3.8, 4) is 0 Å². The predicted octanol–water partition coefficient (Wildman–Crippen LogP) is 2.65. The van der Waals surface area contributed by atoms with Gasteiger partial charge in [-0.1, -0.05) is 13.8 Å². The molecule has 0 spiro atoms. The van der Waals surface area contributed by atoms with Crippen LogP contribution in [0.4, 0.5) is 13.2 Å². The third-order valence-electron chi connectivity index (χ3n) is 2.73. The summed E-state index contributed by atoms with van der Waals surface area (Å²) in [5, 5.41) is 0. The number of alkyl halides is 3. The van der Waals surface area contributed by atoms with E-state index < -0.39 is 36.8 Å². The van der Waals surface area contributed by atoms with Crippen LogP contribution in [0.25, 0.3) is 0 Å². The van der Waals surface area contributed by atoms with E-state index in [-0.39, 0.29) is 18.9 Å². The van der Waals surface area contributed by atoms with Crippen LogP contribution >= 0.6 is 0 Å². The number of carbonyl (C=O) groups excluding carboxylic acids is 1. The first-order chi connectivity index (χ1) is 9.04. The molecule has 0 aromatic heterocycles. The Labute approximate surface area is 117 Å². The molecule has 0 bridgehead atoms. The zero-order valence-electron chi connectivity index (χ0n) is 12.4. The first-order valence-electron chi connectivity index (χ1n) is 6.69. The summed E-state index contributed by atoms with van der Waals surface area (Å²) in [5.74, 6) is -0.565. The normalized spacial score (nSPS) is 16.9.